The number of ketones is 1. The largest absolute Gasteiger partial charge is 0.481 e. The van der Waals surface area contributed by atoms with E-state index in [1.807, 2.05) is 0 Å². The van der Waals surface area contributed by atoms with Gasteiger partial charge in [0.1, 0.15) is 5.37 Å². The van der Waals surface area contributed by atoms with Crippen LogP contribution in [0.2, 0.25) is 5.02 Å². The van der Waals surface area contributed by atoms with Crippen molar-refractivity contribution >= 4 is 41.0 Å². The smallest absolute Gasteiger partial charge is 0.308 e. The average Bonchev–Trinajstić information content (AvgIpc) is 3.23. The SMILES string of the molecule is CS[C@H]1C(C(=O)c2ccccc2Cl)=C(CC(=O)O)C(=O)N1C[C@@H]1CCCO1. The molecule has 1 fully saturated rings. The number of hydrogen-bond acceptors (Lipinski definition) is 5. The molecule has 2 aliphatic heterocycles. The third kappa shape index (κ3) is 4.05. The molecule has 3 rings (SSSR count). The number of hydrogen-bond donors (Lipinski definition) is 1. The van der Waals surface area contributed by atoms with Gasteiger partial charge in [-0.1, -0.05) is 23.7 Å². The highest BCUT2D eigenvalue weighted by molar-refractivity contribution is 7.99. The van der Waals surface area contributed by atoms with Gasteiger partial charge in [-0.15, -0.1) is 11.8 Å². The fraction of sp³-hybridized carbons (Fsp3) is 0.421. The Kier molecular flexibility index (Phi) is 6.24. The molecule has 1 aromatic carbocycles. The summed E-state index contributed by atoms with van der Waals surface area (Å²) >= 11 is 7.50. The summed E-state index contributed by atoms with van der Waals surface area (Å²) in [6.07, 6.45) is 2.97. The van der Waals surface area contributed by atoms with Gasteiger partial charge in [0.25, 0.3) is 5.91 Å². The maximum Gasteiger partial charge on any atom is 0.308 e. The zero-order valence-corrected chi connectivity index (χ0v) is 16.4. The number of rotatable bonds is 7. The van der Waals surface area contributed by atoms with E-state index in [0.717, 1.165) is 12.8 Å². The van der Waals surface area contributed by atoms with Gasteiger partial charge in [0.05, 0.1) is 17.5 Å². The van der Waals surface area contributed by atoms with Crippen LogP contribution in [-0.2, 0) is 14.3 Å². The summed E-state index contributed by atoms with van der Waals surface area (Å²) in [5.41, 5.74) is 0.508. The van der Waals surface area contributed by atoms with Gasteiger partial charge in [-0.3, -0.25) is 14.4 Å². The maximum atomic E-state index is 13.2. The number of amides is 1. The molecule has 144 valence electrons. The van der Waals surface area contributed by atoms with Crippen LogP contribution in [0.5, 0.6) is 0 Å². The molecule has 0 saturated carbocycles. The first-order chi connectivity index (χ1) is 12.9. The number of benzene rings is 1. The van der Waals surface area contributed by atoms with Crippen molar-refractivity contribution in [2.45, 2.75) is 30.7 Å². The highest BCUT2D eigenvalue weighted by atomic mass is 35.5. The topological polar surface area (TPSA) is 83.9 Å². The van der Waals surface area contributed by atoms with Crippen LogP contribution in [0.25, 0.3) is 0 Å². The molecule has 2 atom stereocenters. The fourth-order valence-corrected chi connectivity index (χ4v) is 4.64. The van der Waals surface area contributed by atoms with Crippen LogP contribution in [-0.4, -0.2) is 58.6 Å². The predicted molar refractivity (Wildman–Crippen MR) is 103 cm³/mol. The van der Waals surface area contributed by atoms with E-state index in [0.29, 0.717) is 13.2 Å². The lowest BCUT2D eigenvalue weighted by Gasteiger charge is -2.27. The summed E-state index contributed by atoms with van der Waals surface area (Å²) in [5, 5.41) is 8.99. The Morgan fingerprint density at radius 1 is 1.37 bits per heavy atom. The summed E-state index contributed by atoms with van der Waals surface area (Å²) in [7, 11) is 0. The van der Waals surface area contributed by atoms with Gasteiger partial charge in [0.2, 0.25) is 0 Å². The minimum absolute atomic E-state index is 0.0322. The Morgan fingerprint density at radius 3 is 2.70 bits per heavy atom. The maximum absolute atomic E-state index is 13.2. The number of nitrogens with zero attached hydrogens (tertiary/aromatic N) is 1. The Labute approximate surface area is 166 Å². The fourth-order valence-electron chi connectivity index (χ4n) is 3.49. The van der Waals surface area contributed by atoms with Gasteiger partial charge in [0.15, 0.2) is 5.78 Å². The molecule has 2 heterocycles. The zero-order chi connectivity index (χ0) is 19.6. The summed E-state index contributed by atoms with van der Waals surface area (Å²) < 4.78 is 5.63. The molecular formula is C19H20ClNO5S. The van der Waals surface area contributed by atoms with Gasteiger partial charge in [-0.25, -0.2) is 0 Å². The highest BCUT2D eigenvalue weighted by Crippen LogP contribution is 2.37. The number of ether oxygens (including phenoxy) is 1. The predicted octanol–water partition coefficient (Wildman–Crippen LogP) is 3.00. The summed E-state index contributed by atoms with van der Waals surface area (Å²) in [6.45, 7) is 0.990. The monoisotopic (exact) mass is 409 g/mol. The van der Waals surface area contributed by atoms with Gasteiger partial charge in [0, 0.05) is 29.9 Å². The van der Waals surface area contributed by atoms with Gasteiger partial charge in [-0.05, 0) is 31.2 Å². The third-order valence-electron chi connectivity index (χ3n) is 4.71. The van der Waals surface area contributed by atoms with Crippen molar-refractivity contribution in [1.29, 1.82) is 0 Å². The van der Waals surface area contributed by atoms with Crippen LogP contribution in [0.3, 0.4) is 0 Å². The number of thioether (sulfide) groups is 1. The second-order valence-electron chi connectivity index (χ2n) is 6.45. The molecule has 1 amide bonds. The van der Waals surface area contributed by atoms with E-state index in [1.165, 1.54) is 11.8 Å². The molecule has 1 saturated heterocycles. The first kappa shape index (κ1) is 19.9. The van der Waals surface area contributed by atoms with Crippen LogP contribution in [0.15, 0.2) is 35.4 Å². The Morgan fingerprint density at radius 2 is 2.11 bits per heavy atom. The molecule has 1 aromatic rings. The minimum Gasteiger partial charge on any atom is -0.481 e. The molecule has 0 bridgehead atoms. The Balaban J connectivity index is 2.00. The number of carbonyl (C=O) groups is 3. The molecular weight excluding hydrogens is 390 g/mol. The van der Waals surface area contributed by atoms with Gasteiger partial charge >= 0.3 is 5.97 Å². The first-order valence-electron chi connectivity index (χ1n) is 8.63. The number of carboxylic acid groups (broad SMARTS) is 1. The highest BCUT2D eigenvalue weighted by Gasteiger charge is 2.44. The number of aliphatic carboxylic acids is 1. The summed E-state index contributed by atoms with van der Waals surface area (Å²) in [5.74, 6) is -1.97. The number of carbonyl (C=O) groups excluding carboxylic acids is 2. The summed E-state index contributed by atoms with van der Waals surface area (Å²) in [6, 6.07) is 6.58. The zero-order valence-electron chi connectivity index (χ0n) is 14.8. The van der Waals surface area contributed by atoms with Crippen LogP contribution >= 0.6 is 23.4 Å². The Hall–Kier alpha value is -1.83. The molecule has 0 aromatic heterocycles. The first-order valence-corrected chi connectivity index (χ1v) is 10.3. The van der Waals surface area contributed by atoms with Crippen LogP contribution in [0.4, 0.5) is 0 Å². The van der Waals surface area contributed by atoms with Crippen molar-refractivity contribution in [2.24, 2.45) is 0 Å². The van der Waals surface area contributed by atoms with E-state index in [4.69, 9.17) is 16.3 Å². The van der Waals surface area contributed by atoms with E-state index in [9.17, 15) is 19.5 Å². The second kappa shape index (κ2) is 8.46. The van der Waals surface area contributed by atoms with Gasteiger partial charge in [-0.2, -0.15) is 0 Å². The standard InChI is InChI=1S/C19H20ClNO5S/c1-27-19-16(17(24)12-6-2-3-7-14(12)20)13(9-15(22)23)18(25)21(19)10-11-5-4-8-26-11/h2-3,6-7,11,19H,4-5,8-10H2,1H3,(H,22,23)/t11-,19-/m0/s1. The van der Waals surface area contributed by atoms with E-state index in [1.54, 1.807) is 35.4 Å². The molecule has 0 unspecified atom stereocenters. The lowest BCUT2D eigenvalue weighted by atomic mass is 9.98. The van der Waals surface area contributed by atoms with E-state index < -0.39 is 29.5 Å². The molecule has 27 heavy (non-hydrogen) atoms. The molecule has 8 heteroatoms. The van der Waals surface area contributed by atoms with Crippen LogP contribution < -0.4 is 0 Å². The molecule has 0 radical (unpaired) electrons. The molecule has 2 aliphatic rings. The normalized spacial score (nSPS) is 22.6. The van der Waals surface area contributed by atoms with Crippen molar-refractivity contribution in [2.75, 3.05) is 19.4 Å². The molecule has 0 spiro atoms. The van der Waals surface area contributed by atoms with Gasteiger partial charge < -0.3 is 14.7 Å². The van der Waals surface area contributed by atoms with Crippen LogP contribution in [0.1, 0.15) is 29.6 Å². The average molecular weight is 410 g/mol. The number of Topliss-reactive ketones (excluding diaryl/α,β-unsaturated/α-hetero) is 1. The quantitative estimate of drug-likeness (QED) is 0.697. The Bertz CT molecular complexity index is 803. The van der Waals surface area contributed by atoms with Crippen molar-refractivity contribution in [3.8, 4) is 0 Å². The van der Waals surface area contributed by atoms with Crippen molar-refractivity contribution < 1.29 is 24.2 Å². The lowest BCUT2D eigenvalue weighted by molar-refractivity contribution is -0.137. The molecule has 0 aliphatic carbocycles. The van der Waals surface area contributed by atoms with Crippen molar-refractivity contribution in [1.82, 2.24) is 4.90 Å². The van der Waals surface area contributed by atoms with E-state index in [-0.39, 0.29) is 27.8 Å². The minimum atomic E-state index is -1.15. The lowest BCUT2D eigenvalue weighted by Crippen LogP contribution is -2.40. The van der Waals surface area contributed by atoms with Crippen molar-refractivity contribution in [3.63, 3.8) is 0 Å². The van der Waals surface area contributed by atoms with E-state index in [2.05, 4.69) is 0 Å². The van der Waals surface area contributed by atoms with E-state index >= 15 is 0 Å². The second-order valence-corrected chi connectivity index (χ2v) is 7.78. The molecule has 1 N–H and O–H groups in total. The number of carboxylic acids is 1. The summed E-state index contributed by atoms with van der Waals surface area (Å²) in [4.78, 5) is 39.1. The number of halogens is 1. The van der Waals surface area contributed by atoms with Crippen molar-refractivity contribution in [3.05, 3.63) is 46.0 Å². The molecule has 6 nitrogen and oxygen atoms in total. The third-order valence-corrected chi connectivity index (χ3v) is 5.98. The van der Waals surface area contributed by atoms with Crippen LogP contribution in [0, 0.1) is 0 Å².